The Morgan fingerprint density at radius 1 is 1.46 bits per heavy atom. The Morgan fingerprint density at radius 2 is 2.38 bits per heavy atom. The van der Waals surface area contributed by atoms with Crippen molar-refractivity contribution in [3.63, 3.8) is 0 Å². The van der Waals surface area contributed by atoms with Crippen molar-refractivity contribution in [2.45, 2.75) is 6.92 Å². The lowest BCUT2D eigenvalue weighted by molar-refractivity contribution is 1.20. The molecule has 0 unspecified atom stereocenters. The molecular formula is C9H8N4. The van der Waals surface area contributed by atoms with Gasteiger partial charge < -0.3 is 4.98 Å². The number of hydrogen-bond acceptors (Lipinski definition) is 2. The van der Waals surface area contributed by atoms with Gasteiger partial charge in [-0.25, -0.2) is 9.97 Å². The molecule has 0 amide bonds. The molecule has 4 nitrogen and oxygen atoms in total. The molecule has 0 aliphatic rings. The van der Waals surface area contributed by atoms with Crippen LogP contribution in [0.25, 0.3) is 16.8 Å². The van der Waals surface area contributed by atoms with E-state index in [9.17, 15) is 0 Å². The highest BCUT2D eigenvalue weighted by atomic mass is 15.0. The standard InChI is InChI=1S/C9H8N4/c1-6-5-13-7-2-3-10-9(7)11-4-8(13)12-6/h2-5,10H,1H3. The van der Waals surface area contributed by atoms with Gasteiger partial charge in [-0.3, -0.25) is 4.40 Å². The van der Waals surface area contributed by atoms with E-state index in [0.717, 1.165) is 22.5 Å². The normalized spacial score (nSPS) is 11.5. The topological polar surface area (TPSA) is 46.0 Å². The fourth-order valence-electron chi connectivity index (χ4n) is 1.57. The maximum absolute atomic E-state index is 4.33. The van der Waals surface area contributed by atoms with Gasteiger partial charge in [-0.15, -0.1) is 0 Å². The summed E-state index contributed by atoms with van der Waals surface area (Å²) in [4.78, 5) is 11.6. The zero-order valence-corrected chi connectivity index (χ0v) is 7.15. The molecule has 0 saturated heterocycles. The summed E-state index contributed by atoms with van der Waals surface area (Å²) >= 11 is 0. The van der Waals surface area contributed by atoms with Crippen LogP contribution in [0, 0.1) is 6.92 Å². The van der Waals surface area contributed by atoms with Crippen LogP contribution in [0.3, 0.4) is 0 Å². The summed E-state index contributed by atoms with van der Waals surface area (Å²) in [6, 6.07) is 2.00. The predicted octanol–water partition coefficient (Wildman–Crippen LogP) is 1.52. The third kappa shape index (κ3) is 0.796. The third-order valence-electron chi connectivity index (χ3n) is 2.13. The van der Waals surface area contributed by atoms with Gasteiger partial charge in [0.1, 0.15) is 0 Å². The summed E-state index contributed by atoms with van der Waals surface area (Å²) < 4.78 is 2.04. The van der Waals surface area contributed by atoms with E-state index in [2.05, 4.69) is 15.0 Å². The second-order valence-corrected chi connectivity index (χ2v) is 3.08. The van der Waals surface area contributed by atoms with Crippen molar-refractivity contribution in [3.8, 4) is 0 Å². The van der Waals surface area contributed by atoms with Crippen LogP contribution in [0.5, 0.6) is 0 Å². The highest BCUT2D eigenvalue weighted by molar-refractivity contribution is 5.74. The molecular weight excluding hydrogens is 164 g/mol. The molecule has 1 N–H and O–H groups in total. The lowest BCUT2D eigenvalue weighted by Crippen LogP contribution is -1.86. The number of nitrogens with one attached hydrogen (secondary N) is 1. The van der Waals surface area contributed by atoms with Crippen molar-refractivity contribution in [2.75, 3.05) is 0 Å². The van der Waals surface area contributed by atoms with E-state index < -0.39 is 0 Å². The summed E-state index contributed by atoms with van der Waals surface area (Å²) in [5, 5.41) is 0. The smallest absolute Gasteiger partial charge is 0.156 e. The van der Waals surface area contributed by atoms with Gasteiger partial charge in [-0.1, -0.05) is 0 Å². The Hall–Kier alpha value is -1.84. The van der Waals surface area contributed by atoms with Crippen LogP contribution in [0.15, 0.2) is 24.7 Å². The van der Waals surface area contributed by atoms with E-state index >= 15 is 0 Å². The summed E-state index contributed by atoms with van der Waals surface area (Å²) in [6.45, 7) is 1.98. The van der Waals surface area contributed by atoms with E-state index in [1.54, 1.807) is 6.20 Å². The molecule has 0 aromatic carbocycles. The van der Waals surface area contributed by atoms with Crippen molar-refractivity contribution in [3.05, 3.63) is 30.4 Å². The number of aryl methyl sites for hydroxylation is 1. The molecule has 0 radical (unpaired) electrons. The molecule has 3 rings (SSSR count). The summed E-state index contributed by atoms with van der Waals surface area (Å²) in [7, 11) is 0. The van der Waals surface area contributed by atoms with Gasteiger partial charge in [0.05, 0.1) is 17.4 Å². The first-order valence-electron chi connectivity index (χ1n) is 4.12. The maximum Gasteiger partial charge on any atom is 0.156 e. The van der Waals surface area contributed by atoms with Crippen molar-refractivity contribution < 1.29 is 0 Å². The van der Waals surface area contributed by atoms with Gasteiger partial charge in [-0.05, 0) is 13.0 Å². The quantitative estimate of drug-likeness (QED) is 0.558. The number of fused-ring (bicyclic) bond motifs is 3. The monoisotopic (exact) mass is 172 g/mol. The van der Waals surface area contributed by atoms with Gasteiger partial charge in [-0.2, -0.15) is 0 Å². The van der Waals surface area contributed by atoms with Crippen LogP contribution in [0.4, 0.5) is 0 Å². The first-order chi connectivity index (χ1) is 6.34. The molecule has 0 aliphatic carbocycles. The molecule has 13 heavy (non-hydrogen) atoms. The number of nitrogens with zero attached hydrogens (tertiary/aromatic N) is 3. The highest BCUT2D eigenvalue weighted by Crippen LogP contribution is 2.12. The largest absolute Gasteiger partial charge is 0.345 e. The molecule has 0 fully saturated rings. The minimum absolute atomic E-state index is 0.893. The average Bonchev–Trinajstić information content (AvgIpc) is 2.65. The Morgan fingerprint density at radius 3 is 3.31 bits per heavy atom. The molecule has 0 saturated carbocycles. The van der Waals surface area contributed by atoms with Crippen LogP contribution in [0.1, 0.15) is 5.69 Å². The number of aromatic amines is 1. The Bertz CT molecular complexity index is 575. The Labute approximate surface area is 74.2 Å². The van der Waals surface area contributed by atoms with Gasteiger partial charge in [0.25, 0.3) is 0 Å². The minimum atomic E-state index is 0.893. The van der Waals surface area contributed by atoms with Crippen molar-refractivity contribution in [1.29, 1.82) is 0 Å². The Balaban J connectivity index is 2.64. The molecule has 0 spiro atoms. The molecule has 3 heterocycles. The third-order valence-corrected chi connectivity index (χ3v) is 2.13. The number of hydrogen-bond donors (Lipinski definition) is 1. The van der Waals surface area contributed by atoms with Gasteiger partial charge in [0.15, 0.2) is 11.3 Å². The molecule has 0 aliphatic heterocycles. The number of aromatic nitrogens is 4. The van der Waals surface area contributed by atoms with E-state index in [-0.39, 0.29) is 0 Å². The number of imidazole rings is 1. The Kier molecular flexibility index (Phi) is 1.07. The summed E-state index contributed by atoms with van der Waals surface area (Å²) in [5.74, 6) is 0. The average molecular weight is 172 g/mol. The zero-order chi connectivity index (χ0) is 8.84. The van der Waals surface area contributed by atoms with Crippen molar-refractivity contribution in [1.82, 2.24) is 19.4 Å². The van der Waals surface area contributed by atoms with Crippen LogP contribution in [-0.4, -0.2) is 19.4 Å². The van der Waals surface area contributed by atoms with Gasteiger partial charge in [0.2, 0.25) is 0 Å². The number of rotatable bonds is 0. The zero-order valence-electron chi connectivity index (χ0n) is 7.15. The molecule has 3 aromatic rings. The van der Waals surface area contributed by atoms with E-state index in [1.807, 2.05) is 29.8 Å². The summed E-state index contributed by atoms with van der Waals surface area (Å²) in [6.07, 6.45) is 5.66. The molecule has 64 valence electrons. The van der Waals surface area contributed by atoms with Crippen LogP contribution in [-0.2, 0) is 0 Å². The van der Waals surface area contributed by atoms with Gasteiger partial charge in [0, 0.05) is 12.4 Å². The van der Waals surface area contributed by atoms with Crippen LogP contribution in [0.2, 0.25) is 0 Å². The fourth-order valence-corrected chi connectivity index (χ4v) is 1.57. The highest BCUT2D eigenvalue weighted by Gasteiger charge is 2.02. The lowest BCUT2D eigenvalue weighted by Gasteiger charge is -1.93. The first-order valence-corrected chi connectivity index (χ1v) is 4.12. The van der Waals surface area contributed by atoms with Crippen LogP contribution < -0.4 is 0 Å². The van der Waals surface area contributed by atoms with Gasteiger partial charge >= 0.3 is 0 Å². The predicted molar refractivity (Wildman–Crippen MR) is 49.6 cm³/mol. The fraction of sp³-hybridized carbons (Fsp3) is 0.111. The maximum atomic E-state index is 4.33. The second-order valence-electron chi connectivity index (χ2n) is 3.08. The SMILES string of the molecule is Cc1cn2c(cnc3[nH]ccc32)n1. The van der Waals surface area contributed by atoms with E-state index in [0.29, 0.717) is 0 Å². The minimum Gasteiger partial charge on any atom is -0.345 e. The second kappa shape index (κ2) is 2.10. The molecule has 0 atom stereocenters. The lowest BCUT2D eigenvalue weighted by atomic mass is 10.5. The molecule has 0 bridgehead atoms. The van der Waals surface area contributed by atoms with Crippen LogP contribution >= 0.6 is 0 Å². The summed E-state index contributed by atoms with van der Waals surface area (Å²) in [5.41, 5.74) is 3.86. The van der Waals surface area contributed by atoms with E-state index in [4.69, 9.17) is 0 Å². The molecule has 3 aromatic heterocycles. The first kappa shape index (κ1) is 6.65. The van der Waals surface area contributed by atoms with E-state index in [1.165, 1.54) is 0 Å². The number of H-pyrrole nitrogens is 1. The van der Waals surface area contributed by atoms with Crippen molar-refractivity contribution in [2.24, 2.45) is 0 Å². The van der Waals surface area contributed by atoms with Crippen molar-refractivity contribution >= 4 is 16.8 Å². The molecule has 4 heteroatoms.